The summed E-state index contributed by atoms with van der Waals surface area (Å²) in [6.45, 7) is 7.77. The third kappa shape index (κ3) is 3.16. The van der Waals surface area contributed by atoms with Crippen LogP contribution < -0.4 is 5.73 Å². The second-order valence-electron chi connectivity index (χ2n) is 5.91. The molecule has 1 aliphatic carbocycles. The molecule has 1 heterocycles. The van der Waals surface area contributed by atoms with Gasteiger partial charge in [0.25, 0.3) is 0 Å². The van der Waals surface area contributed by atoms with Crippen LogP contribution in [0.4, 0.5) is 0 Å². The van der Waals surface area contributed by atoms with Crippen LogP contribution in [0.15, 0.2) is 4.99 Å². The lowest BCUT2D eigenvalue weighted by molar-refractivity contribution is 0.00511. The van der Waals surface area contributed by atoms with Crippen molar-refractivity contribution in [3.8, 4) is 0 Å². The van der Waals surface area contributed by atoms with Crippen molar-refractivity contribution in [2.24, 2.45) is 16.1 Å². The summed E-state index contributed by atoms with van der Waals surface area (Å²) in [6, 6.07) is 0. The summed E-state index contributed by atoms with van der Waals surface area (Å²) in [4.78, 5) is 6.82. The zero-order valence-electron chi connectivity index (χ0n) is 11.8. The first-order valence-electron chi connectivity index (χ1n) is 7.32. The molecule has 1 aliphatic heterocycles. The van der Waals surface area contributed by atoms with Gasteiger partial charge in [-0.25, -0.2) is 0 Å². The molecule has 0 spiro atoms. The molecule has 1 saturated heterocycles. The van der Waals surface area contributed by atoms with Crippen molar-refractivity contribution in [2.45, 2.75) is 52.1 Å². The Morgan fingerprint density at radius 3 is 2.83 bits per heavy atom. The Kier molecular flexibility index (Phi) is 4.49. The molecule has 4 heteroatoms. The zero-order chi connectivity index (χ0) is 13.0. The number of nitrogens with zero attached hydrogens (tertiary/aromatic N) is 2. The van der Waals surface area contributed by atoms with Crippen molar-refractivity contribution in [1.82, 2.24) is 4.90 Å². The van der Waals surface area contributed by atoms with Crippen molar-refractivity contribution in [3.63, 3.8) is 0 Å². The minimum atomic E-state index is 0.265. The lowest BCUT2D eigenvalue weighted by atomic mass is 9.66. The molecule has 0 aromatic rings. The number of nitrogens with two attached hydrogens (primary N) is 1. The minimum Gasteiger partial charge on any atom is -0.375 e. The average Bonchev–Trinajstić information content (AvgIpc) is 2.32. The van der Waals surface area contributed by atoms with Gasteiger partial charge < -0.3 is 15.4 Å². The molecule has 0 bridgehead atoms. The number of morpholine rings is 1. The lowest BCUT2D eigenvalue weighted by Gasteiger charge is -2.41. The third-order valence-corrected chi connectivity index (χ3v) is 4.34. The van der Waals surface area contributed by atoms with Crippen LogP contribution in [0, 0.1) is 5.41 Å². The van der Waals surface area contributed by atoms with Crippen LogP contribution >= 0.6 is 0 Å². The fourth-order valence-electron chi connectivity index (χ4n) is 3.07. The van der Waals surface area contributed by atoms with E-state index in [9.17, 15) is 0 Å². The molecular formula is C14H27N3O. The van der Waals surface area contributed by atoms with Crippen LogP contribution in [0.2, 0.25) is 0 Å². The van der Waals surface area contributed by atoms with Crippen LogP contribution in [0.3, 0.4) is 0 Å². The van der Waals surface area contributed by atoms with Crippen LogP contribution in [0.1, 0.15) is 46.0 Å². The largest absolute Gasteiger partial charge is 0.375 e. The molecule has 1 saturated carbocycles. The number of ether oxygens (including phenoxy) is 1. The first-order valence-corrected chi connectivity index (χ1v) is 7.32. The summed E-state index contributed by atoms with van der Waals surface area (Å²) in [5, 5.41) is 0. The third-order valence-electron chi connectivity index (χ3n) is 4.34. The number of guanidine groups is 1. The highest BCUT2D eigenvalue weighted by Gasteiger charge is 2.35. The van der Waals surface area contributed by atoms with E-state index in [-0.39, 0.29) is 6.10 Å². The number of hydrogen-bond acceptors (Lipinski definition) is 2. The van der Waals surface area contributed by atoms with E-state index in [0.717, 1.165) is 26.2 Å². The van der Waals surface area contributed by atoms with Gasteiger partial charge in [-0.3, -0.25) is 4.99 Å². The number of hydrogen-bond donors (Lipinski definition) is 1. The molecule has 104 valence electrons. The Morgan fingerprint density at radius 1 is 1.50 bits per heavy atom. The van der Waals surface area contributed by atoms with Crippen molar-refractivity contribution >= 4 is 5.96 Å². The maximum atomic E-state index is 6.11. The van der Waals surface area contributed by atoms with E-state index < -0.39 is 0 Å². The molecule has 2 fully saturated rings. The van der Waals surface area contributed by atoms with E-state index in [2.05, 4.69) is 23.7 Å². The Labute approximate surface area is 111 Å². The Morgan fingerprint density at radius 2 is 2.28 bits per heavy atom. The standard InChI is InChI=1S/C14H27N3O/c1-3-5-14(6-4-7-14)11-16-13(15)17-8-9-18-12(2)10-17/h12H,3-11H2,1-2H3,(H2,15,16). The first kappa shape index (κ1) is 13.7. The summed E-state index contributed by atoms with van der Waals surface area (Å²) >= 11 is 0. The second kappa shape index (κ2) is 5.91. The van der Waals surface area contributed by atoms with Crippen LogP contribution in [0.5, 0.6) is 0 Å². The highest BCUT2D eigenvalue weighted by Crippen LogP contribution is 2.44. The quantitative estimate of drug-likeness (QED) is 0.616. The van der Waals surface area contributed by atoms with Gasteiger partial charge in [-0.05, 0) is 31.6 Å². The lowest BCUT2D eigenvalue weighted by Crippen LogP contribution is -2.48. The molecule has 1 atom stereocenters. The fourth-order valence-corrected chi connectivity index (χ4v) is 3.07. The first-order chi connectivity index (χ1) is 8.65. The zero-order valence-corrected chi connectivity index (χ0v) is 11.8. The smallest absolute Gasteiger partial charge is 0.191 e. The van der Waals surface area contributed by atoms with Gasteiger partial charge in [-0.1, -0.05) is 19.8 Å². The summed E-state index contributed by atoms with van der Waals surface area (Å²) in [7, 11) is 0. The Hall–Kier alpha value is -0.770. The predicted octanol–water partition coefficient (Wildman–Crippen LogP) is 1.99. The summed E-state index contributed by atoms with van der Waals surface area (Å²) < 4.78 is 5.52. The average molecular weight is 253 g/mol. The SMILES string of the molecule is CCCC1(CN=C(N)N2CCOC(C)C2)CCC1. The van der Waals surface area contributed by atoms with Gasteiger partial charge in [0.05, 0.1) is 12.7 Å². The van der Waals surface area contributed by atoms with Gasteiger partial charge in [0, 0.05) is 19.6 Å². The van der Waals surface area contributed by atoms with E-state index in [1.54, 1.807) is 0 Å². The molecule has 0 aromatic heterocycles. The fraction of sp³-hybridized carbons (Fsp3) is 0.929. The Bertz CT molecular complexity index is 299. The van der Waals surface area contributed by atoms with Crippen molar-refractivity contribution < 1.29 is 4.74 Å². The maximum absolute atomic E-state index is 6.11. The monoisotopic (exact) mass is 253 g/mol. The van der Waals surface area contributed by atoms with E-state index >= 15 is 0 Å². The van der Waals surface area contributed by atoms with Gasteiger partial charge in [-0.2, -0.15) is 0 Å². The highest BCUT2D eigenvalue weighted by molar-refractivity contribution is 5.78. The summed E-state index contributed by atoms with van der Waals surface area (Å²) in [6.07, 6.45) is 6.84. The summed E-state index contributed by atoms with van der Waals surface area (Å²) in [5.41, 5.74) is 6.58. The number of aliphatic imine (C=N–C) groups is 1. The molecule has 2 aliphatic rings. The summed E-state index contributed by atoms with van der Waals surface area (Å²) in [5.74, 6) is 0.715. The van der Waals surface area contributed by atoms with Crippen molar-refractivity contribution in [1.29, 1.82) is 0 Å². The van der Waals surface area contributed by atoms with Crippen LogP contribution in [-0.2, 0) is 4.74 Å². The van der Waals surface area contributed by atoms with Gasteiger partial charge >= 0.3 is 0 Å². The maximum Gasteiger partial charge on any atom is 0.191 e. The van der Waals surface area contributed by atoms with Crippen molar-refractivity contribution in [3.05, 3.63) is 0 Å². The number of rotatable bonds is 4. The highest BCUT2D eigenvalue weighted by atomic mass is 16.5. The Balaban J connectivity index is 1.87. The molecular weight excluding hydrogens is 226 g/mol. The van der Waals surface area contributed by atoms with Crippen LogP contribution in [-0.4, -0.2) is 43.2 Å². The van der Waals surface area contributed by atoms with Gasteiger partial charge in [0.15, 0.2) is 5.96 Å². The van der Waals surface area contributed by atoms with E-state index in [4.69, 9.17) is 10.5 Å². The van der Waals surface area contributed by atoms with E-state index in [1.807, 2.05) is 0 Å². The molecule has 1 unspecified atom stereocenters. The van der Waals surface area contributed by atoms with E-state index in [1.165, 1.54) is 32.1 Å². The predicted molar refractivity (Wildman–Crippen MR) is 74.7 cm³/mol. The molecule has 0 aromatic carbocycles. The minimum absolute atomic E-state index is 0.265. The second-order valence-corrected chi connectivity index (χ2v) is 5.91. The molecule has 18 heavy (non-hydrogen) atoms. The van der Waals surface area contributed by atoms with Crippen molar-refractivity contribution in [2.75, 3.05) is 26.2 Å². The van der Waals surface area contributed by atoms with Gasteiger partial charge in [-0.15, -0.1) is 0 Å². The molecule has 2 rings (SSSR count). The molecule has 0 radical (unpaired) electrons. The topological polar surface area (TPSA) is 50.8 Å². The van der Waals surface area contributed by atoms with Crippen LogP contribution in [0.25, 0.3) is 0 Å². The molecule has 2 N–H and O–H groups in total. The normalized spacial score (nSPS) is 28.0. The molecule has 4 nitrogen and oxygen atoms in total. The van der Waals surface area contributed by atoms with Gasteiger partial charge in [0.1, 0.15) is 0 Å². The van der Waals surface area contributed by atoms with Gasteiger partial charge in [0.2, 0.25) is 0 Å². The molecule has 0 amide bonds. The van der Waals surface area contributed by atoms with E-state index in [0.29, 0.717) is 11.4 Å².